The SMILES string of the molecule is CCC(O)(COC)Cc1cc(C)cc(C)c1. The van der Waals surface area contributed by atoms with Gasteiger partial charge < -0.3 is 9.84 Å². The van der Waals surface area contributed by atoms with E-state index < -0.39 is 5.60 Å². The van der Waals surface area contributed by atoms with E-state index in [-0.39, 0.29) is 0 Å². The van der Waals surface area contributed by atoms with Gasteiger partial charge in [0.2, 0.25) is 0 Å². The van der Waals surface area contributed by atoms with Crippen molar-refractivity contribution in [2.75, 3.05) is 13.7 Å². The maximum atomic E-state index is 10.3. The first-order chi connectivity index (χ1) is 7.49. The molecule has 2 heteroatoms. The van der Waals surface area contributed by atoms with E-state index in [0.29, 0.717) is 19.4 Å². The number of benzene rings is 1. The number of ether oxygens (including phenoxy) is 1. The minimum Gasteiger partial charge on any atom is -0.387 e. The van der Waals surface area contributed by atoms with Crippen LogP contribution in [-0.2, 0) is 11.2 Å². The molecule has 90 valence electrons. The molecule has 1 rings (SSSR count). The molecule has 2 nitrogen and oxygen atoms in total. The van der Waals surface area contributed by atoms with Crippen LogP contribution in [0.4, 0.5) is 0 Å². The summed E-state index contributed by atoms with van der Waals surface area (Å²) < 4.78 is 5.08. The van der Waals surface area contributed by atoms with E-state index in [1.54, 1.807) is 7.11 Å². The third-order valence-electron chi connectivity index (χ3n) is 2.89. The Labute approximate surface area is 98.3 Å². The van der Waals surface area contributed by atoms with Gasteiger partial charge in [-0.05, 0) is 25.8 Å². The second-order valence-electron chi connectivity index (χ2n) is 4.68. The van der Waals surface area contributed by atoms with Crippen molar-refractivity contribution in [3.05, 3.63) is 34.9 Å². The standard InChI is InChI=1S/C14H22O2/c1-5-14(15,10-16-4)9-13-7-11(2)6-12(3)8-13/h6-8,15H,5,9-10H2,1-4H3. The van der Waals surface area contributed by atoms with Crippen LogP contribution in [0.2, 0.25) is 0 Å². The lowest BCUT2D eigenvalue weighted by Gasteiger charge is -2.26. The van der Waals surface area contributed by atoms with Gasteiger partial charge in [0.1, 0.15) is 0 Å². The molecule has 0 aromatic heterocycles. The van der Waals surface area contributed by atoms with E-state index in [1.165, 1.54) is 16.7 Å². The summed E-state index contributed by atoms with van der Waals surface area (Å²) in [7, 11) is 1.63. The van der Waals surface area contributed by atoms with Gasteiger partial charge in [0, 0.05) is 13.5 Å². The lowest BCUT2D eigenvalue weighted by Crippen LogP contribution is -2.35. The van der Waals surface area contributed by atoms with Crippen LogP contribution in [0, 0.1) is 13.8 Å². The zero-order valence-corrected chi connectivity index (χ0v) is 10.7. The second kappa shape index (κ2) is 5.46. The molecular weight excluding hydrogens is 200 g/mol. The summed E-state index contributed by atoms with van der Waals surface area (Å²) in [5.74, 6) is 0. The molecule has 0 heterocycles. The first kappa shape index (κ1) is 13.2. The van der Waals surface area contributed by atoms with Gasteiger partial charge in [-0.1, -0.05) is 36.2 Å². The maximum absolute atomic E-state index is 10.3. The third kappa shape index (κ3) is 3.62. The molecule has 0 aliphatic heterocycles. The topological polar surface area (TPSA) is 29.5 Å². The summed E-state index contributed by atoms with van der Waals surface area (Å²) in [5, 5.41) is 10.3. The Bertz CT molecular complexity index is 326. The Morgan fingerprint density at radius 3 is 2.19 bits per heavy atom. The predicted octanol–water partition coefficient (Wildman–Crippen LogP) is 2.63. The molecule has 0 fully saturated rings. The first-order valence-corrected chi connectivity index (χ1v) is 5.77. The molecule has 0 radical (unpaired) electrons. The molecule has 16 heavy (non-hydrogen) atoms. The highest BCUT2D eigenvalue weighted by molar-refractivity contribution is 5.29. The van der Waals surface area contributed by atoms with E-state index in [0.717, 1.165) is 0 Å². The highest BCUT2D eigenvalue weighted by atomic mass is 16.5. The Morgan fingerprint density at radius 2 is 1.75 bits per heavy atom. The molecule has 0 bridgehead atoms. The van der Waals surface area contributed by atoms with E-state index >= 15 is 0 Å². The van der Waals surface area contributed by atoms with Crippen molar-refractivity contribution in [1.82, 2.24) is 0 Å². The van der Waals surface area contributed by atoms with Gasteiger partial charge in [-0.15, -0.1) is 0 Å². The van der Waals surface area contributed by atoms with Crippen LogP contribution in [0.15, 0.2) is 18.2 Å². The second-order valence-corrected chi connectivity index (χ2v) is 4.68. The molecular formula is C14H22O2. The van der Waals surface area contributed by atoms with Crippen LogP contribution in [-0.4, -0.2) is 24.4 Å². The zero-order valence-electron chi connectivity index (χ0n) is 10.7. The summed E-state index contributed by atoms with van der Waals surface area (Å²) in [6.07, 6.45) is 1.35. The zero-order chi connectivity index (χ0) is 12.2. The van der Waals surface area contributed by atoms with Crippen LogP contribution in [0.25, 0.3) is 0 Å². The maximum Gasteiger partial charge on any atom is 0.0917 e. The lowest BCUT2D eigenvalue weighted by atomic mass is 9.91. The van der Waals surface area contributed by atoms with Crippen LogP contribution in [0.5, 0.6) is 0 Å². The Kier molecular flexibility index (Phi) is 4.51. The Morgan fingerprint density at radius 1 is 1.19 bits per heavy atom. The summed E-state index contributed by atoms with van der Waals surface area (Å²) in [5.41, 5.74) is 2.92. The minimum atomic E-state index is -0.741. The van der Waals surface area contributed by atoms with Crippen LogP contribution in [0.3, 0.4) is 0 Å². The minimum absolute atomic E-state index is 0.385. The number of aryl methyl sites for hydroxylation is 2. The van der Waals surface area contributed by atoms with Gasteiger partial charge in [0.05, 0.1) is 12.2 Å². The highest BCUT2D eigenvalue weighted by Gasteiger charge is 2.25. The molecule has 1 N–H and O–H groups in total. The van der Waals surface area contributed by atoms with Crippen molar-refractivity contribution in [3.63, 3.8) is 0 Å². The fourth-order valence-corrected chi connectivity index (χ4v) is 2.10. The lowest BCUT2D eigenvalue weighted by molar-refractivity contribution is -0.0333. The molecule has 0 aliphatic carbocycles. The number of aliphatic hydroxyl groups is 1. The predicted molar refractivity (Wildman–Crippen MR) is 66.7 cm³/mol. The monoisotopic (exact) mass is 222 g/mol. The number of rotatable bonds is 5. The molecule has 0 aliphatic rings. The van der Waals surface area contributed by atoms with E-state index in [2.05, 4.69) is 32.0 Å². The Balaban J connectivity index is 2.85. The largest absolute Gasteiger partial charge is 0.387 e. The average molecular weight is 222 g/mol. The van der Waals surface area contributed by atoms with Gasteiger partial charge in [-0.3, -0.25) is 0 Å². The molecule has 0 spiro atoms. The van der Waals surface area contributed by atoms with Crippen molar-refractivity contribution >= 4 is 0 Å². The fraction of sp³-hybridized carbons (Fsp3) is 0.571. The van der Waals surface area contributed by atoms with Gasteiger partial charge in [0.25, 0.3) is 0 Å². The summed E-state index contributed by atoms with van der Waals surface area (Å²) in [4.78, 5) is 0. The summed E-state index contributed by atoms with van der Waals surface area (Å²) >= 11 is 0. The average Bonchev–Trinajstić information content (AvgIpc) is 2.16. The van der Waals surface area contributed by atoms with Crippen molar-refractivity contribution in [2.45, 2.75) is 39.2 Å². The van der Waals surface area contributed by atoms with Gasteiger partial charge >= 0.3 is 0 Å². The van der Waals surface area contributed by atoms with Crippen molar-refractivity contribution < 1.29 is 9.84 Å². The van der Waals surface area contributed by atoms with E-state index in [1.807, 2.05) is 6.92 Å². The number of hydrogen-bond acceptors (Lipinski definition) is 2. The van der Waals surface area contributed by atoms with Crippen molar-refractivity contribution in [3.8, 4) is 0 Å². The molecule has 0 amide bonds. The molecule has 0 saturated carbocycles. The van der Waals surface area contributed by atoms with Crippen LogP contribution < -0.4 is 0 Å². The summed E-state index contributed by atoms with van der Waals surface area (Å²) in [6.45, 7) is 6.54. The molecule has 1 aromatic carbocycles. The van der Waals surface area contributed by atoms with Gasteiger partial charge in [-0.25, -0.2) is 0 Å². The molecule has 1 unspecified atom stereocenters. The molecule has 0 saturated heterocycles. The fourth-order valence-electron chi connectivity index (χ4n) is 2.10. The van der Waals surface area contributed by atoms with Crippen molar-refractivity contribution in [2.24, 2.45) is 0 Å². The third-order valence-corrected chi connectivity index (χ3v) is 2.89. The normalized spacial score (nSPS) is 14.8. The van der Waals surface area contributed by atoms with Crippen molar-refractivity contribution in [1.29, 1.82) is 0 Å². The quantitative estimate of drug-likeness (QED) is 0.830. The van der Waals surface area contributed by atoms with E-state index in [4.69, 9.17) is 4.74 Å². The number of hydrogen-bond donors (Lipinski definition) is 1. The van der Waals surface area contributed by atoms with Gasteiger partial charge in [0.15, 0.2) is 0 Å². The van der Waals surface area contributed by atoms with Crippen LogP contribution >= 0.6 is 0 Å². The molecule has 1 atom stereocenters. The Hall–Kier alpha value is -0.860. The molecule has 1 aromatic rings. The smallest absolute Gasteiger partial charge is 0.0917 e. The van der Waals surface area contributed by atoms with Gasteiger partial charge in [-0.2, -0.15) is 0 Å². The summed E-state index contributed by atoms with van der Waals surface area (Å²) in [6, 6.07) is 6.40. The first-order valence-electron chi connectivity index (χ1n) is 5.77. The highest BCUT2D eigenvalue weighted by Crippen LogP contribution is 2.19. The van der Waals surface area contributed by atoms with E-state index in [9.17, 15) is 5.11 Å². The number of methoxy groups -OCH3 is 1. The van der Waals surface area contributed by atoms with Crippen LogP contribution in [0.1, 0.15) is 30.0 Å².